The third-order valence-corrected chi connectivity index (χ3v) is 16.1. The summed E-state index contributed by atoms with van der Waals surface area (Å²) in [6.07, 6.45) is 19.4. The lowest BCUT2D eigenvalue weighted by Gasteiger charge is -2.68. The predicted octanol–water partition coefficient (Wildman–Crippen LogP) is 9.20. The molecule has 0 spiro atoms. The van der Waals surface area contributed by atoms with E-state index < -0.39 is 11.6 Å². The predicted molar refractivity (Wildman–Crippen MR) is 196 cm³/mol. The summed E-state index contributed by atoms with van der Waals surface area (Å²) in [6.45, 7) is 18.9. The number of likely N-dealkylation sites (tertiary alicyclic amines) is 1. The van der Waals surface area contributed by atoms with Gasteiger partial charge in [-0.2, -0.15) is 0 Å². The molecular formula is C43H66N2O3. The summed E-state index contributed by atoms with van der Waals surface area (Å²) in [5.41, 5.74) is 3.52. The van der Waals surface area contributed by atoms with Crippen LogP contribution in [0.2, 0.25) is 0 Å². The second kappa shape index (κ2) is 12.2. The van der Waals surface area contributed by atoms with E-state index in [1.807, 2.05) is 26.0 Å². The van der Waals surface area contributed by atoms with Crippen molar-refractivity contribution in [2.24, 2.45) is 45.8 Å². The van der Waals surface area contributed by atoms with Crippen LogP contribution in [0.15, 0.2) is 30.3 Å². The van der Waals surface area contributed by atoms with Crippen molar-refractivity contribution >= 4 is 11.5 Å². The molecule has 266 valence electrons. The fourth-order valence-electron chi connectivity index (χ4n) is 14.2. The standard InChI is InChI=1S/C43H66N2O3/c1-28-10-15-31(27-39(2,3)48)45(28)26-25-44-43-21-8-9-35(43)32-16-17-37-41(6,34(32)19-24-43)23-20-36-40(4,5)33(18-22-42(36,37)7)29-11-13-30(14-12-29)38(46)47/h11-14,18,28,31-32,34-37,44,48H,8-10,15-17,19-27H2,1-7H3,(H,46,47)/t28?,31?,32-,34?,35+,36?,37?,41-,42-,43-/m0/s1. The topological polar surface area (TPSA) is 72.8 Å². The van der Waals surface area contributed by atoms with Gasteiger partial charge in [-0.15, -0.1) is 0 Å². The third kappa shape index (κ3) is 5.65. The van der Waals surface area contributed by atoms with Crippen molar-refractivity contribution in [1.29, 1.82) is 0 Å². The molecule has 5 heteroatoms. The lowest BCUT2D eigenvalue weighted by molar-refractivity contribution is -0.172. The van der Waals surface area contributed by atoms with E-state index >= 15 is 0 Å². The second-order valence-corrected chi connectivity index (χ2v) is 19.4. The Balaban J connectivity index is 1.06. The van der Waals surface area contributed by atoms with Gasteiger partial charge in [0.05, 0.1) is 11.2 Å². The number of carboxylic acids is 1. The number of aliphatic hydroxyl groups is 1. The molecule has 1 saturated heterocycles. The summed E-state index contributed by atoms with van der Waals surface area (Å²) in [5, 5.41) is 24.3. The molecule has 1 aliphatic heterocycles. The Morgan fingerprint density at radius 1 is 0.896 bits per heavy atom. The highest BCUT2D eigenvalue weighted by Gasteiger charge is 2.65. The van der Waals surface area contributed by atoms with Crippen molar-refractivity contribution < 1.29 is 15.0 Å². The fraction of sp³-hybridized carbons (Fsp3) is 0.791. The summed E-state index contributed by atoms with van der Waals surface area (Å²) in [7, 11) is 0. The molecule has 1 aromatic rings. The van der Waals surface area contributed by atoms with Crippen molar-refractivity contribution in [2.75, 3.05) is 13.1 Å². The number of carbonyl (C=O) groups is 1. The van der Waals surface area contributed by atoms with E-state index in [4.69, 9.17) is 0 Å². The zero-order chi connectivity index (χ0) is 34.3. The van der Waals surface area contributed by atoms with Crippen LogP contribution < -0.4 is 5.32 Å². The normalized spacial score (nSPS) is 42.3. The van der Waals surface area contributed by atoms with Crippen LogP contribution in [-0.2, 0) is 0 Å². The minimum atomic E-state index is -0.852. The molecule has 0 aromatic heterocycles. The number of aromatic carboxylic acids is 1. The SMILES string of the molecule is CC1CCC(CC(C)(C)O)N1CCN[C@]12CCC[C@@H]1[C@H]1CCC3[C@@](C)(CCC4C(C)(C)C(c5ccc(C(=O)O)cc5)=CC[C@@]43C)C1CC2. The summed E-state index contributed by atoms with van der Waals surface area (Å²) < 4.78 is 0. The first-order valence-corrected chi connectivity index (χ1v) is 19.9. The van der Waals surface area contributed by atoms with Crippen LogP contribution in [0.4, 0.5) is 0 Å². The number of nitrogens with zero attached hydrogens (tertiary/aromatic N) is 1. The molecule has 1 aromatic carbocycles. The number of hydrogen-bond donors (Lipinski definition) is 3. The number of carboxylic acid groups (broad SMARTS) is 1. The van der Waals surface area contributed by atoms with E-state index in [2.05, 4.69) is 50.9 Å². The number of fused-ring (bicyclic) bond motifs is 7. The van der Waals surface area contributed by atoms with Crippen LogP contribution in [0.1, 0.15) is 148 Å². The van der Waals surface area contributed by atoms with Gasteiger partial charge >= 0.3 is 5.97 Å². The van der Waals surface area contributed by atoms with E-state index in [0.29, 0.717) is 39.9 Å². The summed E-state index contributed by atoms with van der Waals surface area (Å²) in [6, 6.07) is 8.78. The summed E-state index contributed by atoms with van der Waals surface area (Å²) >= 11 is 0. The first-order chi connectivity index (χ1) is 22.6. The van der Waals surface area contributed by atoms with Gasteiger partial charge in [0.15, 0.2) is 0 Å². The Morgan fingerprint density at radius 3 is 2.35 bits per heavy atom. The third-order valence-electron chi connectivity index (χ3n) is 16.1. The number of allylic oxidation sites excluding steroid dienone is 2. The minimum absolute atomic E-state index is 0.0613. The smallest absolute Gasteiger partial charge is 0.335 e. The Labute approximate surface area is 291 Å². The van der Waals surface area contributed by atoms with Gasteiger partial charge in [-0.05, 0) is 167 Å². The highest BCUT2D eigenvalue weighted by molar-refractivity contribution is 5.88. The molecule has 4 saturated carbocycles. The van der Waals surface area contributed by atoms with E-state index in [1.54, 1.807) is 12.1 Å². The highest BCUT2D eigenvalue weighted by atomic mass is 16.4. The number of hydrogen-bond acceptors (Lipinski definition) is 4. The van der Waals surface area contributed by atoms with Crippen molar-refractivity contribution in [1.82, 2.24) is 10.2 Å². The number of rotatable bonds is 8. The maximum absolute atomic E-state index is 11.5. The van der Waals surface area contributed by atoms with Crippen LogP contribution >= 0.6 is 0 Å². The molecule has 5 nitrogen and oxygen atoms in total. The second-order valence-electron chi connectivity index (χ2n) is 19.4. The zero-order valence-corrected chi connectivity index (χ0v) is 31.3. The largest absolute Gasteiger partial charge is 0.478 e. The van der Waals surface area contributed by atoms with Crippen LogP contribution in [0.3, 0.4) is 0 Å². The average molecular weight is 659 g/mol. The van der Waals surface area contributed by atoms with Crippen molar-refractivity contribution in [3.8, 4) is 0 Å². The van der Waals surface area contributed by atoms with Gasteiger partial charge in [0.25, 0.3) is 0 Å². The monoisotopic (exact) mass is 659 g/mol. The molecule has 3 N–H and O–H groups in total. The zero-order valence-electron chi connectivity index (χ0n) is 31.3. The van der Waals surface area contributed by atoms with Gasteiger partial charge in [-0.25, -0.2) is 4.79 Å². The molecule has 5 unspecified atom stereocenters. The van der Waals surface area contributed by atoms with Gasteiger partial charge in [-0.3, -0.25) is 4.90 Å². The molecule has 6 aliphatic rings. The number of benzene rings is 1. The van der Waals surface area contributed by atoms with E-state index in [-0.39, 0.29) is 5.41 Å². The molecule has 0 radical (unpaired) electrons. The van der Waals surface area contributed by atoms with E-state index in [0.717, 1.165) is 49.6 Å². The maximum atomic E-state index is 11.5. The van der Waals surface area contributed by atoms with Gasteiger partial charge in [0, 0.05) is 30.7 Å². The first kappa shape index (κ1) is 34.7. The number of nitrogens with one attached hydrogen (secondary N) is 1. The molecule has 10 atom stereocenters. The molecule has 48 heavy (non-hydrogen) atoms. The molecule has 0 amide bonds. The lowest BCUT2D eigenvalue weighted by Crippen LogP contribution is -2.63. The van der Waals surface area contributed by atoms with Crippen molar-refractivity contribution in [3.05, 3.63) is 41.5 Å². The molecular weight excluding hydrogens is 592 g/mol. The van der Waals surface area contributed by atoms with Crippen LogP contribution in [0, 0.1) is 45.8 Å². The molecule has 1 heterocycles. The Bertz CT molecular complexity index is 1390. The minimum Gasteiger partial charge on any atom is -0.478 e. The lowest BCUT2D eigenvalue weighted by atomic mass is 9.37. The van der Waals surface area contributed by atoms with Crippen molar-refractivity contribution in [3.63, 3.8) is 0 Å². The summed E-state index contributed by atoms with van der Waals surface area (Å²) in [5.74, 6) is 3.09. The van der Waals surface area contributed by atoms with Crippen molar-refractivity contribution in [2.45, 2.75) is 155 Å². The maximum Gasteiger partial charge on any atom is 0.335 e. The van der Waals surface area contributed by atoms with Gasteiger partial charge < -0.3 is 15.5 Å². The van der Waals surface area contributed by atoms with Gasteiger partial charge in [-0.1, -0.05) is 52.3 Å². The average Bonchev–Trinajstić information content (AvgIpc) is 3.59. The highest BCUT2D eigenvalue weighted by Crippen LogP contribution is 2.72. The molecule has 7 rings (SSSR count). The van der Waals surface area contributed by atoms with Crippen LogP contribution in [-0.4, -0.2) is 57.4 Å². The fourth-order valence-corrected chi connectivity index (χ4v) is 14.2. The van der Waals surface area contributed by atoms with E-state index in [9.17, 15) is 15.0 Å². The van der Waals surface area contributed by atoms with E-state index in [1.165, 1.54) is 81.8 Å². The molecule has 0 bridgehead atoms. The Kier molecular flexibility index (Phi) is 8.85. The molecule has 5 fully saturated rings. The van der Waals surface area contributed by atoms with Gasteiger partial charge in [0.1, 0.15) is 0 Å². The van der Waals surface area contributed by atoms with Crippen LogP contribution in [0.5, 0.6) is 0 Å². The Morgan fingerprint density at radius 2 is 1.65 bits per heavy atom. The Hall–Kier alpha value is -1.69. The summed E-state index contributed by atoms with van der Waals surface area (Å²) in [4.78, 5) is 14.2. The quantitative estimate of drug-likeness (QED) is 0.260. The first-order valence-electron chi connectivity index (χ1n) is 19.9. The molecule has 5 aliphatic carbocycles. The van der Waals surface area contributed by atoms with Gasteiger partial charge in [0.2, 0.25) is 0 Å². The van der Waals surface area contributed by atoms with Crippen LogP contribution in [0.25, 0.3) is 5.57 Å².